The summed E-state index contributed by atoms with van der Waals surface area (Å²) in [5.41, 5.74) is 1.82. The zero-order valence-electron chi connectivity index (χ0n) is 18.2. The van der Waals surface area contributed by atoms with E-state index >= 15 is 0 Å². The minimum atomic E-state index is -0.309. The summed E-state index contributed by atoms with van der Waals surface area (Å²) in [6, 6.07) is 6.02. The SMILES string of the molecule is CCc1c(C)sc2nc(SCC(=O)NCc3ccc(F)cc3)n(CC3CCCO3)c(=O)c12. The van der Waals surface area contributed by atoms with Gasteiger partial charge in [-0.2, -0.15) is 0 Å². The van der Waals surface area contributed by atoms with Crippen LogP contribution in [0.5, 0.6) is 0 Å². The first-order valence-corrected chi connectivity index (χ1v) is 12.5. The second-order valence-corrected chi connectivity index (χ2v) is 9.95. The predicted octanol–water partition coefficient (Wildman–Crippen LogP) is 4.06. The van der Waals surface area contributed by atoms with Crippen LogP contribution in [0.3, 0.4) is 0 Å². The minimum Gasteiger partial charge on any atom is -0.376 e. The van der Waals surface area contributed by atoms with Gasteiger partial charge in [-0.3, -0.25) is 14.2 Å². The second-order valence-electron chi connectivity index (χ2n) is 7.81. The Hall–Kier alpha value is -2.23. The Morgan fingerprint density at radius 2 is 2.16 bits per heavy atom. The van der Waals surface area contributed by atoms with Gasteiger partial charge in [0.2, 0.25) is 5.91 Å². The number of rotatable bonds is 8. The molecule has 1 unspecified atom stereocenters. The first kappa shape index (κ1) is 22.9. The summed E-state index contributed by atoms with van der Waals surface area (Å²) in [6.45, 7) is 5.54. The third kappa shape index (κ3) is 5.05. The molecule has 3 heterocycles. The Kier molecular flexibility index (Phi) is 7.27. The number of nitrogens with one attached hydrogen (secondary N) is 1. The van der Waals surface area contributed by atoms with Crippen LogP contribution in [0.1, 0.15) is 35.8 Å². The normalized spacial score (nSPS) is 16.0. The molecule has 9 heteroatoms. The summed E-state index contributed by atoms with van der Waals surface area (Å²) in [5.74, 6) is -0.347. The van der Waals surface area contributed by atoms with E-state index in [1.807, 2.05) is 13.8 Å². The van der Waals surface area contributed by atoms with E-state index in [0.717, 1.165) is 40.1 Å². The number of hydrogen-bond acceptors (Lipinski definition) is 6. The van der Waals surface area contributed by atoms with Gasteiger partial charge in [0.15, 0.2) is 5.16 Å². The highest BCUT2D eigenvalue weighted by atomic mass is 32.2. The Labute approximate surface area is 194 Å². The van der Waals surface area contributed by atoms with Crippen LogP contribution in [0.4, 0.5) is 4.39 Å². The number of nitrogens with zero attached hydrogens (tertiary/aromatic N) is 2. The van der Waals surface area contributed by atoms with E-state index in [9.17, 15) is 14.0 Å². The van der Waals surface area contributed by atoms with Crippen LogP contribution < -0.4 is 10.9 Å². The van der Waals surface area contributed by atoms with Crippen molar-refractivity contribution < 1.29 is 13.9 Å². The molecule has 6 nitrogen and oxygen atoms in total. The monoisotopic (exact) mass is 475 g/mol. The second kappa shape index (κ2) is 10.1. The summed E-state index contributed by atoms with van der Waals surface area (Å²) in [4.78, 5) is 32.5. The van der Waals surface area contributed by atoms with Crippen LogP contribution in [-0.2, 0) is 29.0 Å². The molecule has 4 rings (SSSR count). The molecule has 1 saturated heterocycles. The van der Waals surface area contributed by atoms with Gasteiger partial charge in [0.1, 0.15) is 10.6 Å². The summed E-state index contributed by atoms with van der Waals surface area (Å²) in [6.07, 6.45) is 2.67. The number of fused-ring (bicyclic) bond motifs is 1. The van der Waals surface area contributed by atoms with Gasteiger partial charge in [-0.25, -0.2) is 9.37 Å². The zero-order chi connectivity index (χ0) is 22.7. The van der Waals surface area contributed by atoms with Crippen LogP contribution >= 0.6 is 23.1 Å². The number of carbonyl (C=O) groups excluding carboxylic acids is 1. The third-order valence-corrected chi connectivity index (χ3v) is 7.59. The molecule has 0 saturated carbocycles. The first-order valence-electron chi connectivity index (χ1n) is 10.7. The van der Waals surface area contributed by atoms with E-state index in [4.69, 9.17) is 9.72 Å². The third-order valence-electron chi connectivity index (χ3n) is 5.58. The molecule has 0 aliphatic carbocycles. The average Bonchev–Trinajstić information content (AvgIpc) is 3.41. The van der Waals surface area contributed by atoms with Crippen molar-refractivity contribution >= 4 is 39.2 Å². The molecule has 3 aromatic rings. The highest BCUT2D eigenvalue weighted by Crippen LogP contribution is 2.30. The van der Waals surface area contributed by atoms with Crippen LogP contribution in [0.25, 0.3) is 10.2 Å². The molecule has 1 atom stereocenters. The quantitative estimate of drug-likeness (QED) is 0.393. The molecule has 0 bridgehead atoms. The van der Waals surface area contributed by atoms with E-state index in [-0.39, 0.29) is 29.1 Å². The lowest BCUT2D eigenvalue weighted by atomic mass is 10.1. The van der Waals surface area contributed by atoms with E-state index in [1.54, 1.807) is 16.7 Å². The first-order chi connectivity index (χ1) is 15.5. The van der Waals surface area contributed by atoms with Crippen molar-refractivity contribution in [3.8, 4) is 0 Å². The largest absolute Gasteiger partial charge is 0.376 e. The van der Waals surface area contributed by atoms with E-state index < -0.39 is 0 Å². The van der Waals surface area contributed by atoms with Crippen molar-refractivity contribution in [1.82, 2.24) is 14.9 Å². The molecule has 1 aliphatic heterocycles. The minimum absolute atomic E-state index is 0.0107. The van der Waals surface area contributed by atoms with Crippen LogP contribution in [0.2, 0.25) is 0 Å². The standard InChI is InChI=1S/C23H26FN3O3S2/c1-3-18-14(2)32-21-20(18)22(29)27(12-17-5-4-10-30-17)23(26-21)31-13-19(28)25-11-15-6-8-16(24)9-7-15/h6-9,17H,3-5,10-13H2,1-2H3,(H,25,28). The van der Waals surface area contributed by atoms with Crippen LogP contribution in [-0.4, -0.2) is 33.9 Å². The number of benzene rings is 1. The highest BCUT2D eigenvalue weighted by Gasteiger charge is 2.23. The van der Waals surface area contributed by atoms with Gasteiger partial charge in [0.05, 0.1) is 23.8 Å². The lowest BCUT2D eigenvalue weighted by Crippen LogP contribution is -2.30. The summed E-state index contributed by atoms with van der Waals surface area (Å²) in [5, 5.41) is 4.07. The van der Waals surface area contributed by atoms with Gasteiger partial charge in [0, 0.05) is 18.0 Å². The lowest BCUT2D eigenvalue weighted by molar-refractivity contribution is -0.118. The molecule has 32 heavy (non-hydrogen) atoms. The van der Waals surface area contributed by atoms with Crippen molar-refractivity contribution in [2.75, 3.05) is 12.4 Å². The summed E-state index contributed by atoms with van der Waals surface area (Å²) in [7, 11) is 0. The van der Waals surface area contributed by atoms with Crippen molar-refractivity contribution in [3.05, 3.63) is 56.4 Å². The highest BCUT2D eigenvalue weighted by molar-refractivity contribution is 7.99. The Bertz CT molecular complexity index is 1170. The number of amides is 1. The summed E-state index contributed by atoms with van der Waals surface area (Å²) < 4.78 is 20.5. The zero-order valence-corrected chi connectivity index (χ0v) is 19.8. The number of aromatic nitrogens is 2. The van der Waals surface area contributed by atoms with Crippen molar-refractivity contribution in [2.45, 2.75) is 57.5 Å². The van der Waals surface area contributed by atoms with E-state index in [0.29, 0.717) is 30.2 Å². The number of aryl methyl sites for hydroxylation is 2. The Morgan fingerprint density at radius 1 is 1.38 bits per heavy atom. The molecule has 0 spiro atoms. The molecule has 1 N–H and O–H groups in total. The Balaban J connectivity index is 1.54. The van der Waals surface area contributed by atoms with Crippen molar-refractivity contribution in [1.29, 1.82) is 0 Å². The van der Waals surface area contributed by atoms with E-state index in [2.05, 4.69) is 5.32 Å². The molecule has 1 amide bonds. The maximum Gasteiger partial charge on any atom is 0.263 e. The number of thioether (sulfide) groups is 1. The number of hydrogen-bond donors (Lipinski definition) is 1. The molecule has 170 valence electrons. The van der Waals surface area contributed by atoms with Gasteiger partial charge in [-0.1, -0.05) is 30.8 Å². The topological polar surface area (TPSA) is 73.2 Å². The fourth-order valence-electron chi connectivity index (χ4n) is 3.90. The smallest absolute Gasteiger partial charge is 0.263 e. The van der Waals surface area contributed by atoms with Gasteiger partial charge < -0.3 is 10.1 Å². The fraction of sp³-hybridized carbons (Fsp3) is 0.435. The number of carbonyl (C=O) groups is 1. The van der Waals surface area contributed by atoms with Crippen LogP contribution in [0.15, 0.2) is 34.2 Å². The van der Waals surface area contributed by atoms with E-state index in [1.165, 1.54) is 35.2 Å². The van der Waals surface area contributed by atoms with Crippen molar-refractivity contribution in [2.24, 2.45) is 0 Å². The van der Waals surface area contributed by atoms with Gasteiger partial charge in [-0.15, -0.1) is 11.3 Å². The lowest BCUT2D eigenvalue weighted by Gasteiger charge is -2.16. The van der Waals surface area contributed by atoms with Gasteiger partial charge >= 0.3 is 0 Å². The molecular formula is C23H26FN3O3S2. The molecular weight excluding hydrogens is 449 g/mol. The summed E-state index contributed by atoms with van der Waals surface area (Å²) >= 11 is 2.78. The number of thiophene rings is 1. The Morgan fingerprint density at radius 3 is 2.84 bits per heavy atom. The maximum atomic E-state index is 13.4. The molecule has 0 radical (unpaired) electrons. The molecule has 1 fully saturated rings. The molecule has 1 aromatic carbocycles. The molecule has 2 aromatic heterocycles. The van der Waals surface area contributed by atoms with Crippen LogP contribution in [0, 0.1) is 12.7 Å². The maximum absolute atomic E-state index is 13.4. The van der Waals surface area contributed by atoms with Gasteiger partial charge in [0.25, 0.3) is 5.56 Å². The molecule has 1 aliphatic rings. The predicted molar refractivity (Wildman–Crippen MR) is 126 cm³/mol. The van der Waals surface area contributed by atoms with Gasteiger partial charge in [-0.05, 0) is 49.4 Å². The van der Waals surface area contributed by atoms with Crippen molar-refractivity contribution in [3.63, 3.8) is 0 Å². The fourth-order valence-corrected chi connectivity index (χ4v) is 5.90. The number of halogens is 1. The average molecular weight is 476 g/mol. The number of ether oxygens (including phenoxy) is 1.